The van der Waals surface area contributed by atoms with Crippen LogP contribution in [-0.4, -0.2) is 13.1 Å². The molecular formula is C20H27N. The Morgan fingerprint density at radius 1 is 0.667 bits per heavy atom. The van der Waals surface area contributed by atoms with Gasteiger partial charge in [0.2, 0.25) is 0 Å². The van der Waals surface area contributed by atoms with Gasteiger partial charge in [0.05, 0.1) is 0 Å². The quantitative estimate of drug-likeness (QED) is 0.665. The lowest BCUT2D eigenvalue weighted by atomic mass is 10.1. The first-order valence-electron chi connectivity index (χ1n) is 8.15. The molecule has 2 aromatic carbocycles. The summed E-state index contributed by atoms with van der Waals surface area (Å²) in [6.07, 6.45) is 6.23. The third-order valence-corrected chi connectivity index (χ3v) is 3.87. The lowest BCUT2D eigenvalue weighted by molar-refractivity contribution is 0.603. The summed E-state index contributed by atoms with van der Waals surface area (Å²) in [5, 5.41) is 3.55. The Bertz CT molecular complexity index is 487. The molecule has 2 rings (SSSR count). The fourth-order valence-electron chi connectivity index (χ4n) is 2.51. The highest BCUT2D eigenvalue weighted by molar-refractivity contribution is 5.21. The van der Waals surface area contributed by atoms with Crippen LogP contribution in [0, 0.1) is 6.92 Å². The lowest BCUT2D eigenvalue weighted by Crippen LogP contribution is -2.18. The first-order valence-corrected chi connectivity index (χ1v) is 8.15. The topological polar surface area (TPSA) is 12.0 Å². The summed E-state index contributed by atoms with van der Waals surface area (Å²) in [6, 6.07) is 19.6. The molecule has 0 bridgehead atoms. The van der Waals surface area contributed by atoms with Crippen molar-refractivity contribution in [2.24, 2.45) is 0 Å². The van der Waals surface area contributed by atoms with Crippen molar-refractivity contribution in [2.75, 3.05) is 13.1 Å². The predicted molar refractivity (Wildman–Crippen MR) is 91.7 cm³/mol. The molecule has 1 N–H and O–H groups in total. The Kier molecular flexibility index (Phi) is 7.03. The van der Waals surface area contributed by atoms with Crippen molar-refractivity contribution < 1.29 is 0 Å². The fourth-order valence-corrected chi connectivity index (χ4v) is 2.51. The Morgan fingerprint density at radius 2 is 1.38 bits per heavy atom. The second kappa shape index (κ2) is 9.36. The van der Waals surface area contributed by atoms with Crippen LogP contribution in [-0.2, 0) is 12.8 Å². The monoisotopic (exact) mass is 281 g/mol. The van der Waals surface area contributed by atoms with Crippen molar-refractivity contribution in [3.05, 3.63) is 71.3 Å². The van der Waals surface area contributed by atoms with Crippen molar-refractivity contribution in [2.45, 2.75) is 39.0 Å². The summed E-state index contributed by atoms with van der Waals surface area (Å²) in [5.74, 6) is 0. The molecule has 0 aliphatic heterocycles. The van der Waals surface area contributed by atoms with Gasteiger partial charge in [-0.3, -0.25) is 0 Å². The van der Waals surface area contributed by atoms with E-state index in [1.54, 1.807) is 0 Å². The molecular weight excluding hydrogens is 254 g/mol. The molecule has 0 unspecified atom stereocenters. The van der Waals surface area contributed by atoms with Crippen molar-refractivity contribution in [3.8, 4) is 0 Å². The van der Waals surface area contributed by atoms with E-state index in [0.29, 0.717) is 0 Å². The lowest BCUT2D eigenvalue weighted by Gasteiger charge is -2.06. The zero-order valence-corrected chi connectivity index (χ0v) is 13.1. The van der Waals surface area contributed by atoms with Crippen LogP contribution in [0.1, 0.15) is 36.0 Å². The molecule has 1 nitrogen and oxygen atoms in total. The molecule has 0 amide bonds. The Morgan fingerprint density at radius 3 is 2.14 bits per heavy atom. The summed E-state index contributed by atoms with van der Waals surface area (Å²) in [6.45, 7) is 4.36. The van der Waals surface area contributed by atoms with Gasteiger partial charge in [0.25, 0.3) is 0 Å². The Labute approximate surface area is 129 Å². The van der Waals surface area contributed by atoms with E-state index in [0.717, 1.165) is 19.5 Å². The Balaban J connectivity index is 1.46. The summed E-state index contributed by atoms with van der Waals surface area (Å²) in [5.41, 5.74) is 4.23. The maximum atomic E-state index is 3.55. The molecule has 0 saturated carbocycles. The van der Waals surface area contributed by atoms with Crippen LogP contribution in [0.25, 0.3) is 0 Å². The largest absolute Gasteiger partial charge is 0.316 e. The van der Waals surface area contributed by atoms with Crippen molar-refractivity contribution in [1.82, 2.24) is 5.32 Å². The molecule has 0 radical (unpaired) electrons. The van der Waals surface area contributed by atoms with Crippen LogP contribution in [0.5, 0.6) is 0 Å². The van der Waals surface area contributed by atoms with Gasteiger partial charge in [0.15, 0.2) is 0 Å². The van der Waals surface area contributed by atoms with E-state index in [-0.39, 0.29) is 0 Å². The van der Waals surface area contributed by atoms with Crippen molar-refractivity contribution in [1.29, 1.82) is 0 Å². The second-order valence-corrected chi connectivity index (χ2v) is 5.78. The van der Waals surface area contributed by atoms with E-state index >= 15 is 0 Å². The van der Waals surface area contributed by atoms with Gasteiger partial charge in [-0.25, -0.2) is 0 Å². The van der Waals surface area contributed by atoms with Crippen LogP contribution in [0.2, 0.25) is 0 Å². The Hall–Kier alpha value is -1.60. The summed E-state index contributed by atoms with van der Waals surface area (Å²) < 4.78 is 0. The standard InChI is InChI=1S/C20H27N/c1-18-11-13-20(14-12-18)15-17-21-16-7-3-6-10-19-8-4-2-5-9-19/h2,4-5,8-9,11-14,21H,3,6-7,10,15-17H2,1H3. The van der Waals surface area contributed by atoms with Gasteiger partial charge in [-0.15, -0.1) is 0 Å². The first kappa shape index (κ1) is 15.8. The van der Waals surface area contributed by atoms with Crippen LogP contribution in [0.15, 0.2) is 54.6 Å². The normalized spacial score (nSPS) is 10.7. The molecule has 112 valence electrons. The highest BCUT2D eigenvalue weighted by atomic mass is 14.8. The third kappa shape index (κ3) is 6.59. The molecule has 0 atom stereocenters. The number of benzene rings is 2. The maximum Gasteiger partial charge on any atom is -0.000835 e. The maximum absolute atomic E-state index is 3.55. The van der Waals surface area contributed by atoms with Crippen molar-refractivity contribution >= 4 is 0 Å². The minimum absolute atomic E-state index is 1.09. The van der Waals surface area contributed by atoms with E-state index in [2.05, 4.69) is 66.8 Å². The predicted octanol–water partition coefficient (Wildman–Crippen LogP) is 4.54. The van der Waals surface area contributed by atoms with Gasteiger partial charge in [-0.05, 0) is 56.8 Å². The molecule has 1 heteroatoms. The molecule has 0 fully saturated rings. The molecule has 0 aliphatic rings. The molecule has 0 spiro atoms. The second-order valence-electron chi connectivity index (χ2n) is 5.78. The third-order valence-electron chi connectivity index (χ3n) is 3.87. The van der Waals surface area contributed by atoms with Gasteiger partial charge < -0.3 is 5.32 Å². The van der Waals surface area contributed by atoms with Crippen LogP contribution >= 0.6 is 0 Å². The van der Waals surface area contributed by atoms with Crippen LogP contribution in [0.4, 0.5) is 0 Å². The van der Waals surface area contributed by atoms with E-state index in [1.165, 1.54) is 42.4 Å². The molecule has 0 aliphatic carbocycles. The van der Waals surface area contributed by atoms with Gasteiger partial charge in [0.1, 0.15) is 0 Å². The van der Waals surface area contributed by atoms with Gasteiger partial charge >= 0.3 is 0 Å². The SMILES string of the molecule is Cc1ccc(CCNCCCCCc2ccccc2)cc1. The highest BCUT2D eigenvalue weighted by Crippen LogP contribution is 2.06. The smallest absolute Gasteiger partial charge is 0.000835 e. The van der Waals surface area contributed by atoms with Gasteiger partial charge in [-0.1, -0.05) is 66.6 Å². The minimum Gasteiger partial charge on any atom is -0.316 e. The first-order chi connectivity index (χ1) is 10.3. The number of nitrogens with one attached hydrogen (secondary N) is 1. The summed E-state index contributed by atoms with van der Waals surface area (Å²) in [7, 11) is 0. The summed E-state index contributed by atoms with van der Waals surface area (Å²) in [4.78, 5) is 0. The van der Waals surface area contributed by atoms with Crippen LogP contribution < -0.4 is 5.32 Å². The zero-order valence-electron chi connectivity index (χ0n) is 13.1. The molecule has 2 aromatic rings. The minimum atomic E-state index is 1.09. The van der Waals surface area contributed by atoms with E-state index < -0.39 is 0 Å². The molecule has 0 heterocycles. The number of hydrogen-bond donors (Lipinski definition) is 1. The fraction of sp³-hybridized carbons (Fsp3) is 0.400. The number of hydrogen-bond acceptors (Lipinski definition) is 1. The van der Waals surface area contributed by atoms with E-state index in [1.807, 2.05) is 0 Å². The molecule has 21 heavy (non-hydrogen) atoms. The van der Waals surface area contributed by atoms with E-state index in [4.69, 9.17) is 0 Å². The number of aryl methyl sites for hydroxylation is 2. The average Bonchev–Trinajstić information content (AvgIpc) is 2.53. The van der Waals surface area contributed by atoms with E-state index in [9.17, 15) is 0 Å². The summed E-state index contributed by atoms with van der Waals surface area (Å²) >= 11 is 0. The number of unbranched alkanes of at least 4 members (excludes halogenated alkanes) is 2. The van der Waals surface area contributed by atoms with Gasteiger partial charge in [-0.2, -0.15) is 0 Å². The average molecular weight is 281 g/mol. The molecule has 0 aromatic heterocycles. The molecule has 0 saturated heterocycles. The highest BCUT2D eigenvalue weighted by Gasteiger charge is 1.95. The van der Waals surface area contributed by atoms with Crippen LogP contribution in [0.3, 0.4) is 0 Å². The van der Waals surface area contributed by atoms with Gasteiger partial charge in [0, 0.05) is 0 Å². The zero-order chi connectivity index (χ0) is 14.8. The van der Waals surface area contributed by atoms with Crippen molar-refractivity contribution in [3.63, 3.8) is 0 Å². The number of rotatable bonds is 9.